The number of aromatic nitrogens is 1. The number of carbonyl (C=O) groups is 1. The first-order valence-corrected chi connectivity index (χ1v) is 11.8. The molecule has 1 amide bonds. The zero-order chi connectivity index (χ0) is 23.0. The van der Waals surface area contributed by atoms with E-state index in [2.05, 4.69) is 59.4 Å². The molecule has 1 saturated heterocycles. The third-order valence-corrected chi connectivity index (χ3v) is 6.23. The van der Waals surface area contributed by atoms with Crippen molar-refractivity contribution >= 4 is 11.6 Å². The lowest BCUT2D eigenvalue weighted by atomic mass is 9.96. The molecule has 0 aliphatic carbocycles. The average Bonchev–Trinajstić information content (AvgIpc) is 2.83. The van der Waals surface area contributed by atoms with Gasteiger partial charge in [-0.15, -0.1) is 0 Å². The minimum Gasteiger partial charge on any atom is -0.493 e. The summed E-state index contributed by atoms with van der Waals surface area (Å²) in [6.07, 6.45) is 6.66. The van der Waals surface area contributed by atoms with Crippen LogP contribution in [0.2, 0.25) is 0 Å². The summed E-state index contributed by atoms with van der Waals surface area (Å²) in [5.74, 6) is 1.20. The van der Waals surface area contributed by atoms with Crippen LogP contribution in [-0.4, -0.2) is 37.1 Å². The molecule has 5 heteroatoms. The molecule has 33 heavy (non-hydrogen) atoms. The van der Waals surface area contributed by atoms with Crippen LogP contribution in [0.15, 0.2) is 67.0 Å². The van der Waals surface area contributed by atoms with E-state index in [1.165, 1.54) is 22.4 Å². The summed E-state index contributed by atoms with van der Waals surface area (Å²) in [5, 5.41) is 3.12. The highest BCUT2D eigenvalue weighted by Crippen LogP contribution is 2.22. The Morgan fingerprint density at radius 1 is 1.03 bits per heavy atom. The number of amides is 1. The van der Waals surface area contributed by atoms with Gasteiger partial charge in [0.25, 0.3) is 5.91 Å². The number of hydrogen-bond acceptors (Lipinski definition) is 4. The van der Waals surface area contributed by atoms with Crippen molar-refractivity contribution in [2.45, 2.75) is 33.1 Å². The van der Waals surface area contributed by atoms with Gasteiger partial charge in [-0.3, -0.25) is 9.78 Å². The van der Waals surface area contributed by atoms with E-state index in [1.807, 2.05) is 36.7 Å². The molecule has 0 spiro atoms. The van der Waals surface area contributed by atoms with E-state index in [4.69, 9.17) is 4.74 Å². The number of rotatable bonds is 8. The maximum Gasteiger partial charge on any atom is 0.251 e. The number of piperidine rings is 1. The first-order chi connectivity index (χ1) is 16.1. The molecule has 2 heterocycles. The zero-order valence-electron chi connectivity index (χ0n) is 19.6. The van der Waals surface area contributed by atoms with Crippen LogP contribution in [0, 0.1) is 19.8 Å². The third-order valence-electron chi connectivity index (χ3n) is 6.23. The minimum absolute atomic E-state index is 0.0358. The first-order valence-electron chi connectivity index (χ1n) is 11.8. The van der Waals surface area contributed by atoms with Crippen molar-refractivity contribution in [2.24, 2.45) is 5.92 Å². The molecule has 0 unspecified atom stereocenters. The smallest absolute Gasteiger partial charge is 0.251 e. The lowest BCUT2D eigenvalue weighted by Gasteiger charge is -2.33. The van der Waals surface area contributed by atoms with Crippen molar-refractivity contribution in [2.75, 3.05) is 31.1 Å². The molecule has 4 rings (SSSR count). The second-order valence-corrected chi connectivity index (χ2v) is 8.97. The van der Waals surface area contributed by atoms with Gasteiger partial charge in [-0.05, 0) is 68.5 Å². The van der Waals surface area contributed by atoms with Crippen LogP contribution in [0.3, 0.4) is 0 Å². The average molecular weight is 444 g/mol. The fourth-order valence-corrected chi connectivity index (χ4v) is 4.52. The molecule has 1 N–H and O–H groups in total. The Kier molecular flexibility index (Phi) is 7.61. The summed E-state index contributed by atoms with van der Waals surface area (Å²) in [7, 11) is 0. The number of nitrogens with one attached hydrogen (secondary N) is 1. The molecular weight excluding hydrogens is 410 g/mol. The van der Waals surface area contributed by atoms with E-state index in [9.17, 15) is 4.79 Å². The van der Waals surface area contributed by atoms with Gasteiger partial charge in [0.05, 0.1) is 6.61 Å². The monoisotopic (exact) mass is 443 g/mol. The molecule has 1 fully saturated rings. The van der Waals surface area contributed by atoms with Gasteiger partial charge in [-0.1, -0.05) is 35.4 Å². The molecule has 0 bridgehead atoms. The van der Waals surface area contributed by atoms with E-state index in [0.29, 0.717) is 24.6 Å². The predicted molar refractivity (Wildman–Crippen MR) is 133 cm³/mol. The van der Waals surface area contributed by atoms with E-state index in [0.717, 1.165) is 38.1 Å². The van der Waals surface area contributed by atoms with E-state index < -0.39 is 0 Å². The number of nitrogens with zero attached hydrogens (tertiary/aromatic N) is 2. The quantitative estimate of drug-likeness (QED) is 0.534. The van der Waals surface area contributed by atoms with Crippen LogP contribution >= 0.6 is 0 Å². The number of ether oxygens (including phenoxy) is 1. The molecule has 2 aromatic carbocycles. The molecule has 5 nitrogen and oxygen atoms in total. The number of hydrogen-bond donors (Lipinski definition) is 1. The molecule has 1 aliphatic rings. The molecule has 0 radical (unpaired) electrons. The third kappa shape index (κ3) is 6.58. The largest absolute Gasteiger partial charge is 0.493 e. The van der Waals surface area contributed by atoms with Gasteiger partial charge in [0.2, 0.25) is 0 Å². The first kappa shape index (κ1) is 22.8. The Hall–Kier alpha value is -3.34. The lowest BCUT2D eigenvalue weighted by Crippen LogP contribution is -2.38. The number of anilines is 1. The standard InChI is InChI=1S/C28H33N3O2/c1-21-16-22(2)18-24(17-21)10-15-33-27-5-3-4-25(19-27)28(32)30-20-23-8-13-31(14-9-23)26-6-11-29-12-7-26/h3-7,11-12,16-19,23H,8-10,13-15,20H2,1-2H3,(H,30,32). The second kappa shape index (κ2) is 11.0. The van der Waals surface area contributed by atoms with Crippen molar-refractivity contribution in [1.29, 1.82) is 0 Å². The lowest BCUT2D eigenvalue weighted by molar-refractivity contribution is 0.0944. The summed E-state index contributed by atoms with van der Waals surface area (Å²) in [4.78, 5) is 19.2. The summed E-state index contributed by atoms with van der Waals surface area (Å²) in [6, 6.07) is 18.2. The molecule has 0 saturated carbocycles. The molecule has 1 aromatic heterocycles. The van der Waals surface area contributed by atoms with Gasteiger partial charge in [-0.2, -0.15) is 0 Å². The number of carbonyl (C=O) groups excluding carboxylic acids is 1. The summed E-state index contributed by atoms with van der Waals surface area (Å²) >= 11 is 0. The maximum absolute atomic E-state index is 12.7. The fourth-order valence-electron chi connectivity index (χ4n) is 4.52. The van der Waals surface area contributed by atoms with Crippen LogP contribution in [0.4, 0.5) is 5.69 Å². The Morgan fingerprint density at radius 2 is 1.76 bits per heavy atom. The van der Waals surface area contributed by atoms with Gasteiger partial charge in [-0.25, -0.2) is 0 Å². The van der Waals surface area contributed by atoms with Crippen molar-refractivity contribution in [3.05, 3.63) is 89.2 Å². The van der Waals surface area contributed by atoms with E-state index in [-0.39, 0.29) is 5.91 Å². The highest BCUT2D eigenvalue weighted by atomic mass is 16.5. The normalized spacial score (nSPS) is 14.2. The number of aryl methyl sites for hydroxylation is 2. The Bertz CT molecular complexity index is 1040. The highest BCUT2D eigenvalue weighted by Gasteiger charge is 2.20. The van der Waals surface area contributed by atoms with Crippen molar-refractivity contribution in [3.8, 4) is 5.75 Å². The summed E-state index contributed by atoms with van der Waals surface area (Å²) < 4.78 is 5.94. The second-order valence-electron chi connectivity index (χ2n) is 8.97. The molecular formula is C28H33N3O2. The van der Waals surface area contributed by atoms with Gasteiger partial charge in [0.1, 0.15) is 5.75 Å². The number of benzene rings is 2. The Labute approximate surface area is 196 Å². The molecule has 3 aromatic rings. The predicted octanol–water partition coefficient (Wildman–Crippen LogP) is 4.97. The summed E-state index contributed by atoms with van der Waals surface area (Å²) in [5.41, 5.74) is 5.68. The highest BCUT2D eigenvalue weighted by molar-refractivity contribution is 5.94. The van der Waals surface area contributed by atoms with Crippen molar-refractivity contribution < 1.29 is 9.53 Å². The summed E-state index contributed by atoms with van der Waals surface area (Å²) in [6.45, 7) is 7.54. The van der Waals surface area contributed by atoms with Gasteiger partial charge < -0.3 is 15.0 Å². The topological polar surface area (TPSA) is 54.5 Å². The SMILES string of the molecule is Cc1cc(C)cc(CCOc2cccc(C(=O)NCC3CCN(c4ccncc4)CC3)c2)c1. The molecule has 172 valence electrons. The number of pyridine rings is 1. The van der Waals surface area contributed by atoms with Crippen molar-refractivity contribution in [3.63, 3.8) is 0 Å². The Morgan fingerprint density at radius 3 is 2.48 bits per heavy atom. The van der Waals surface area contributed by atoms with Gasteiger partial charge in [0.15, 0.2) is 0 Å². The zero-order valence-corrected chi connectivity index (χ0v) is 19.6. The van der Waals surface area contributed by atoms with Crippen LogP contribution in [0.1, 0.15) is 39.9 Å². The van der Waals surface area contributed by atoms with E-state index >= 15 is 0 Å². The van der Waals surface area contributed by atoms with E-state index in [1.54, 1.807) is 0 Å². The van der Waals surface area contributed by atoms with Crippen LogP contribution in [-0.2, 0) is 6.42 Å². The van der Waals surface area contributed by atoms with Crippen molar-refractivity contribution in [1.82, 2.24) is 10.3 Å². The van der Waals surface area contributed by atoms with Crippen LogP contribution < -0.4 is 15.0 Å². The van der Waals surface area contributed by atoms with Gasteiger partial charge >= 0.3 is 0 Å². The Balaban J connectivity index is 1.22. The molecule has 0 atom stereocenters. The maximum atomic E-state index is 12.7. The van der Waals surface area contributed by atoms with Crippen LogP contribution in [0.5, 0.6) is 5.75 Å². The minimum atomic E-state index is -0.0358. The fraction of sp³-hybridized carbons (Fsp3) is 0.357. The van der Waals surface area contributed by atoms with Crippen LogP contribution in [0.25, 0.3) is 0 Å². The molecule has 1 aliphatic heterocycles. The van der Waals surface area contributed by atoms with Gasteiger partial charge in [0, 0.05) is 49.7 Å².